The Labute approximate surface area is 171 Å². The number of halogens is 1. The lowest BCUT2D eigenvalue weighted by Gasteiger charge is -2.37. The van der Waals surface area contributed by atoms with E-state index in [-0.39, 0.29) is 5.91 Å². The van der Waals surface area contributed by atoms with E-state index in [0.717, 1.165) is 42.7 Å². The molecular formula is C22H27ClN2OS. The van der Waals surface area contributed by atoms with Crippen LogP contribution in [0.15, 0.2) is 42.5 Å². The first kappa shape index (κ1) is 20.1. The lowest BCUT2D eigenvalue weighted by molar-refractivity contribution is -0.131. The fourth-order valence-electron chi connectivity index (χ4n) is 3.36. The highest BCUT2D eigenvalue weighted by Gasteiger charge is 2.21. The molecule has 0 unspecified atom stereocenters. The van der Waals surface area contributed by atoms with Gasteiger partial charge in [-0.2, -0.15) is 11.8 Å². The van der Waals surface area contributed by atoms with Gasteiger partial charge in [0, 0.05) is 54.8 Å². The highest BCUT2D eigenvalue weighted by atomic mass is 35.5. The molecule has 0 aromatic heterocycles. The summed E-state index contributed by atoms with van der Waals surface area (Å²) in [6.45, 7) is 7.78. The molecule has 2 aromatic carbocycles. The molecule has 0 saturated carbocycles. The lowest BCUT2D eigenvalue weighted by atomic mass is 10.1. The summed E-state index contributed by atoms with van der Waals surface area (Å²) in [7, 11) is 0. The van der Waals surface area contributed by atoms with E-state index >= 15 is 0 Å². The first-order valence-electron chi connectivity index (χ1n) is 9.46. The molecule has 27 heavy (non-hydrogen) atoms. The van der Waals surface area contributed by atoms with Crippen molar-refractivity contribution in [3.63, 3.8) is 0 Å². The molecule has 1 saturated heterocycles. The topological polar surface area (TPSA) is 23.6 Å². The number of hydrogen-bond acceptors (Lipinski definition) is 3. The van der Waals surface area contributed by atoms with Crippen molar-refractivity contribution in [2.45, 2.75) is 26.0 Å². The molecule has 0 atom stereocenters. The zero-order chi connectivity index (χ0) is 19.2. The molecule has 1 heterocycles. The lowest BCUT2D eigenvalue weighted by Crippen LogP contribution is -2.49. The number of nitrogens with zero attached hydrogens (tertiary/aromatic N) is 2. The summed E-state index contributed by atoms with van der Waals surface area (Å²) in [6.07, 6.45) is 0.613. The molecular weight excluding hydrogens is 376 g/mol. The number of thioether (sulfide) groups is 1. The molecule has 0 bridgehead atoms. The quantitative estimate of drug-likeness (QED) is 0.640. The van der Waals surface area contributed by atoms with Crippen LogP contribution in [-0.4, -0.2) is 42.7 Å². The maximum atomic E-state index is 12.5. The number of carbonyl (C=O) groups excluding carboxylic acids is 1. The van der Waals surface area contributed by atoms with Crippen molar-refractivity contribution in [1.82, 2.24) is 4.90 Å². The molecule has 144 valence electrons. The number of carbonyl (C=O) groups is 1. The van der Waals surface area contributed by atoms with Gasteiger partial charge < -0.3 is 9.80 Å². The van der Waals surface area contributed by atoms with E-state index in [9.17, 15) is 4.79 Å². The standard InChI is InChI=1S/C22H27ClN2OS/c1-17-4-3-5-21(18(17)2)24-11-13-25(14-12-24)22(26)10-15-27-16-19-6-8-20(23)9-7-19/h3-9H,10-16H2,1-2H3. The van der Waals surface area contributed by atoms with Gasteiger partial charge in [0.15, 0.2) is 0 Å². The van der Waals surface area contributed by atoms with Crippen molar-refractivity contribution in [3.8, 4) is 0 Å². The Hall–Kier alpha value is -1.65. The van der Waals surface area contributed by atoms with Crippen molar-refractivity contribution in [1.29, 1.82) is 0 Å². The van der Waals surface area contributed by atoms with Crippen LogP contribution in [0.25, 0.3) is 0 Å². The molecule has 3 rings (SSSR count). The Morgan fingerprint density at radius 3 is 2.44 bits per heavy atom. The van der Waals surface area contributed by atoms with Crippen LogP contribution in [0.4, 0.5) is 5.69 Å². The summed E-state index contributed by atoms with van der Waals surface area (Å²) in [6, 6.07) is 14.4. The van der Waals surface area contributed by atoms with Crippen molar-refractivity contribution in [2.75, 3.05) is 36.8 Å². The van der Waals surface area contributed by atoms with Gasteiger partial charge in [0.05, 0.1) is 0 Å². The molecule has 0 radical (unpaired) electrons. The van der Waals surface area contributed by atoms with Gasteiger partial charge in [-0.25, -0.2) is 0 Å². The molecule has 1 aliphatic rings. The van der Waals surface area contributed by atoms with Gasteiger partial charge in [-0.05, 0) is 48.7 Å². The number of anilines is 1. The van der Waals surface area contributed by atoms with Gasteiger partial charge in [-0.15, -0.1) is 0 Å². The Morgan fingerprint density at radius 1 is 1.04 bits per heavy atom. The van der Waals surface area contributed by atoms with Crippen molar-refractivity contribution >= 4 is 35.0 Å². The zero-order valence-electron chi connectivity index (χ0n) is 16.1. The van der Waals surface area contributed by atoms with Gasteiger partial charge in [-0.3, -0.25) is 4.79 Å². The summed E-state index contributed by atoms with van der Waals surface area (Å²) in [4.78, 5) is 16.9. The fourth-order valence-corrected chi connectivity index (χ4v) is 4.38. The smallest absolute Gasteiger partial charge is 0.223 e. The minimum absolute atomic E-state index is 0.277. The summed E-state index contributed by atoms with van der Waals surface area (Å²) in [5.74, 6) is 2.06. The summed E-state index contributed by atoms with van der Waals surface area (Å²) in [5.41, 5.74) is 5.22. The number of hydrogen-bond donors (Lipinski definition) is 0. The van der Waals surface area contributed by atoms with Crippen LogP contribution in [0, 0.1) is 13.8 Å². The molecule has 3 nitrogen and oxygen atoms in total. The summed E-state index contributed by atoms with van der Waals surface area (Å²) >= 11 is 7.71. The van der Waals surface area contributed by atoms with Gasteiger partial charge in [-0.1, -0.05) is 35.9 Å². The minimum Gasteiger partial charge on any atom is -0.368 e. The van der Waals surface area contributed by atoms with E-state index < -0.39 is 0 Å². The Balaban J connectivity index is 1.40. The number of aryl methyl sites for hydroxylation is 1. The predicted octanol–water partition coefficient (Wildman–Crippen LogP) is 4.93. The van der Waals surface area contributed by atoms with Crippen molar-refractivity contribution < 1.29 is 4.79 Å². The predicted molar refractivity (Wildman–Crippen MR) is 117 cm³/mol. The van der Waals surface area contributed by atoms with Crippen LogP contribution in [0.3, 0.4) is 0 Å². The van der Waals surface area contributed by atoms with Gasteiger partial charge >= 0.3 is 0 Å². The highest BCUT2D eigenvalue weighted by Crippen LogP contribution is 2.24. The van der Waals surface area contributed by atoms with E-state index in [2.05, 4.69) is 36.9 Å². The molecule has 1 fully saturated rings. The molecule has 1 aliphatic heterocycles. The third-order valence-corrected chi connectivity index (χ3v) is 6.47. The summed E-state index contributed by atoms with van der Waals surface area (Å²) in [5, 5.41) is 0.763. The van der Waals surface area contributed by atoms with E-state index in [1.165, 1.54) is 22.4 Å². The number of amides is 1. The Morgan fingerprint density at radius 2 is 1.74 bits per heavy atom. The van der Waals surface area contributed by atoms with Crippen LogP contribution in [-0.2, 0) is 10.5 Å². The molecule has 2 aromatic rings. The SMILES string of the molecule is Cc1cccc(N2CCN(C(=O)CCSCc3ccc(Cl)cc3)CC2)c1C. The second-order valence-corrected chi connectivity index (χ2v) is 8.56. The third-order valence-electron chi connectivity index (χ3n) is 5.19. The first-order chi connectivity index (χ1) is 13.0. The van der Waals surface area contributed by atoms with E-state index in [0.29, 0.717) is 6.42 Å². The Bertz CT molecular complexity index is 770. The van der Waals surface area contributed by atoms with Crippen molar-refractivity contribution in [2.24, 2.45) is 0 Å². The highest BCUT2D eigenvalue weighted by molar-refractivity contribution is 7.98. The van der Waals surface area contributed by atoms with Crippen molar-refractivity contribution in [3.05, 3.63) is 64.2 Å². The first-order valence-corrected chi connectivity index (χ1v) is 11.0. The van der Waals surface area contributed by atoms with Crippen LogP contribution in [0.5, 0.6) is 0 Å². The average molecular weight is 403 g/mol. The Kier molecular flexibility index (Phi) is 7.08. The van der Waals surface area contributed by atoms with Crippen LogP contribution < -0.4 is 4.90 Å². The number of piperazine rings is 1. The largest absolute Gasteiger partial charge is 0.368 e. The molecule has 0 N–H and O–H groups in total. The van der Waals surface area contributed by atoms with Gasteiger partial charge in [0.25, 0.3) is 0 Å². The second kappa shape index (κ2) is 9.52. The van der Waals surface area contributed by atoms with Gasteiger partial charge in [0.2, 0.25) is 5.91 Å². The maximum Gasteiger partial charge on any atom is 0.223 e. The molecule has 0 spiro atoms. The number of rotatable bonds is 6. The fraction of sp³-hybridized carbons (Fsp3) is 0.409. The maximum absolute atomic E-state index is 12.5. The van der Waals surface area contributed by atoms with E-state index in [1.807, 2.05) is 29.2 Å². The van der Waals surface area contributed by atoms with E-state index in [1.54, 1.807) is 11.8 Å². The van der Waals surface area contributed by atoms with E-state index in [4.69, 9.17) is 11.6 Å². The number of benzene rings is 2. The second-order valence-electron chi connectivity index (χ2n) is 7.02. The monoisotopic (exact) mass is 402 g/mol. The minimum atomic E-state index is 0.277. The van der Waals surface area contributed by atoms with Crippen LogP contribution in [0.2, 0.25) is 5.02 Å². The molecule has 0 aliphatic carbocycles. The summed E-state index contributed by atoms with van der Waals surface area (Å²) < 4.78 is 0. The molecule has 1 amide bonds. The van der Waals surface area contributed by atoms with Crippen LogP contribution in [0.1, 0.15) is 23.1 Å². The normalized spacial score (nSPS) is 14.5. The zero-order valence-corrected chi connectivity index (χ0v) is 17.7. The average Bonchev–Trinajstić information content (AvgIpc) is 2.69. The van der Waals surface area contributed by atoms with Gasteiger partial charge in [0.1, 0.15) is 0 Å². The molecule has 5 heteroatoms. The third kappa shape index (κ3) is 5.43. The van der Waals surface area contributed by atoms with Crippen LogP contribution >= 0.6 is 23.4 Å².